The van der Waals surface area contributed by atoms with E-state index in [-0.39, 0.29) is 13.4 Å². The molecule has 5 heterocycles. The molecule has 4 aliphatic heterocycles. The fourth-order valence-corrected chi connectivity index (χ4v) is 15.2. The minimum absolute atomic E-state index is 0.293. The van der Waals surface area contributed by atoms with Gasteiger partial charge in [-0.15, -0.1) is 0 Å². The molecule has 0 atom stereocenters. The highest BCUT2D eigenvalue weighted by molar-refractivity contribution is 7.02. The third-order valence-corrected chi connectivity index (χ3v) is 19.2. The summed E-state index contributed by atoms with van der Waals surface area (Å²) in [5.41, 5.74) is 24.6. The van der Waals surface area contributed by atoms with Crippen LogP contribution in [0.1, 0.15) is 0 Å². The number of hydrogen-bond acceptors (Lipinski definition) is 7. The molecule has 0 bridgehead atoms. The lowest BCUT2D eigenvalue weighted by Gasteiger charge is -2.43. The van der Waals surface area contributed by atoms with E-state index in [4.69, 9.17) is 14.5 Å². The van der Waals surface area contributed by atoms with Gasteiger partial charge >= 0.3 is 0 Å². The van der Waals surface area contributed by atoms with E-state index in [0.717, 1.165) is 152 Å². The Morgan fingerprint density at radius 3 is 1.11 bits per heavy atom. The number of hydrogen-bond donors (Lipinski definition) is 0. The van der Waals surface area contributed by atoms with Gasteiger partial charge in [0.15, 0.2) is 0 Å². The van der Waals surface area contributed by atoms with Crippen LogP contribution in [0.4, 0.5) is 68.2 Å². The molecule has 4 aliphatic rings. The molecule has 1 aromatic heterocycles. The van der Waals surface area contributed by atoms with E-state index in [2.05, 4.69) is 364 Å². The maximum atomic E-state index is 8.06. The standard InChI is InChI=1S/C85H56B2N6O2/c1-9-29-57(30-10-1)85-88-72-51-58(49-50-75(72)93(85)65-43-23-8-24-44-65)80-83-70(86-68-45-25-27-47-73(68)91(63-39-19-6-20-40-63)76-52-66(54-78(94-83)81(76)86)89(59-31-11-2-12-32-59)60-33-13-3-14-34-60)56-71-84(80)95-79-55-67(90(61-35-15-4-16-36-61)62-37-17-5-18-38-62)53-77-82(79)87(71)69-46-26-28-48-74(69)92(77)64-41-21-7-22-42-64/h1-56H. The van der Waals surface area contributed by atoms with Gasteiger partial charge in [-0.1, -0.05) is 206 Å². The molecule has 8 nitrogen and oxygen atoms in total. The fourth-order valence-electron chi connectivity index (χ4n) is 15.2. The number of anilines is 12. The molecule has 15 aromatic rings. The van der Waals surface area contributed by atoms with E-state index in [0.29, 0.717) is 0 Å². The van der Waals surface area contributed by atoms with Gasteiger partial charge in [0.05, 0.1) is 28.0 Å². The predicted octanol–water partition coefficient (Wildman–Crippen LogP) is 18.1. The van der Waals surface area contributed by atoms with Crippen molar-refractivity contribution in [1.29, 1.82) is 0 Å². The smallest absolute Gasteiger partial charge is 0.256 e. The van der Waals surface area contributed by atoms with E-state index in [1.807, 2.05) is 0 Å². The van der Waals surface area contributed by atoms with Gasteiger partial charge in [-0.05, 0) is 160 Å². The zero-order chi connectivity index (χ0) is 62.5. The molecule has 0 radical (unpaired) electrons. The second-order valence-electron chi connectivity index (χ2n) is 24.6. The first-order chi connectivity index (χ1) is 47.2. The van der Waals surface area contributed by atoms with Gasteiger partial charge in [0.2, 0.25) is 0 Å². The van der Waals surface area contributed by atoms with E-state index >= 15 is 0 Å². The molecular weight excluding hydrogens is 1160 g/mol. The zero-order valence-electron chi connectivity index (χ0n) is 51.5. The minimum Gasteiger partial charge on any atom is -0.457 e. The number of nitrogens with zero attached hydrogens (tertiary/aromatic N) is 6. The highest BCUT2D eigenvalue weighted by Crippen LogP contribution is 2.52. The van der Waals surface area contributed by atoms with Crippen molar-refractivity contribution in [2.45, 2.75) is 0 Å². The summed E-state index contributed by atoms with van der Waals surface area (Å²) in [7, 11) is 0. The second kappa shape index (κ2) is 22.1. The molecule has 0 N–H and O–H groups in total. The Balaban J connectivity index is 0.924. The molecule has 95 heavy (non-hydrogen) atoms. The highest BCUT2D eigenvalue weighted by atomic mass is 16.5. The molecule has 0 aliphatic carbocycles. The van der Waals surface area contributed by atoms with Gasteiger partial charge in [-0.3, -0.25) is 4.57 Å². The summed E-state index contributed by atoms with van der Waals surface area (Å²) in [6, 6.07) is 122. The van der Waals surface area contributed by atoms with Crippen LogP contribution in [0.3, 0.4) is 0 Å². The van der Waals surface area contributed by atoms with Crippen LogP contribution in [0.25, 0.3) is 39.2 Å². The number of para-hydroxylation sites is 9. The summed E-state index contributed by atoms with van der Waals surface area (Å²) in [5, 5.41) is 0. The molecule has 0 unspecified atom stereocenters. The topological polar surface area (TPSA) is 49.2 Å². The number of imidazole rings is 1. The Hall–Kier alpha value is -12.5. The van der Waals surface area contributed by atoms with Crippen LogP contribution in [0.2, 0.25) is 0 Å². The molecular formula is C85H56B2N6O2. The summed E-state index contributed by atoms with van der Waals surface area (Å²) in [4.78, 5) is 15.2. The van der Waals surface area contributed by atoms with E-state index in [1.54, 1.807) is 0 Å². The first-order valence-corrected chi connectivity index (χ1v) is 32.4. The summed E-state index contributed by atoms with van der Waals surface area (Å²) < 4.78 is 18.4. The Morgan fingerprint density at radius 1 is 0.295 bits per heavy atom. The average molecular weight is 1220 g/mol. The summed E-state index contributed by atoms with van der Waals surface area (Å²) in [6.45, 7) is -0.586. The van der Waals surface area contributed by atoms with Crippen molar-refractivity contribution >= 4 is 125 Å². The average Bonchev–Trinajstić information content (AvgIpc) is 0.970. The third kappa shape index (κ3) is 8.75. The fraction of sp³-hybridized carbons (Fsp3) is 0. The first-order valence-electron chi connectivity index (χ1n) is 32.4. The number of benzene rings is 14. The largest absolute Gasteiger partial charge is 0.457 e. The Bertz CT molecular complexity index is 5120. The van der Waals surface area contributed by atoms with E-state index in [1.165, 1.54) is 10.9 Å². The second-order valence-corrected chi connectivity index (χ2v) is 24.6. The van der Waals surface area contributed by atoms with Crippen LogP contribution in [0.5, 0.6) is 23.0 Å². The molecule has 0 saturated carbocycles. The molecule has 14 aromatic carbocycles. The summed E-state index contributed by atoms with van der Waals surface area (Å²) in [6.07, 6.45) is 0. The molecule has 0 spiro atoms. The Morgan fingerprint density at radius 2 is 0.674 bits per heavy atom. The van der Waals surface area contributed by atoms with E-state index in [9.17, 15) is 0 Å². The third-order valence-electron chi connectivity index (χ3n) is 19.2. The zero-order valence-corrected chi connectivity index (χ0v) is 51.5. The molecule has 0 saturated heterocycles. The van der Waals surface area contributed by atoms with Crippen LogP contribution in [-0.2, 0) is 0 Å². The normalized spacial score (nSPS) is 12.7. The number of ether oxygens (including phenoxy) is 2. The molecule has 0 fully saturated rings. The lowest BCUT2D eigenvalue weighted by molar-refractivity contribution is 0.469. The summed E-state index contributed by atoms with van der Waals surface area (Å²) in [5.74, 6) is 3.82. The Labute approximate surface area is 551 Å². The van der Waals surface area contributed by atoms with E-state index < -0.39 is 0 Å². The molecule has 19 rings (SSSR count). The first kappa shape index (κ1) is 54.2. The Kier molecular flexibility index (Phi) is 12.6. The van der Waals surface area contributed by atoms with Gasteiger partial charge < -0.3 is 29.1 Å². The van der Waals surface area contributed by atoms with Crippen molar-refractivity contribution in [3.05, 3.63) is 340 Å². The molecule has 10 heteroatoms. The van der Waals surface area contributed by atoms with Crippen LogP contribution in [0.15, 0.2) is 340 Å². The van der Waals surface area contributed by atoms with Gasteiger partial charge in [0.1, 0.15) is 28.8 Å². The maximum Gasteiger partial charge on any atom is 0.256 e. The van der Waals surface area contributed by atoms with Gasteiger partial charge in [-0.2, -0.15) is 0 Å². The maximum absolute atomic E-state index is 8.06. The lowest BCUT2D eigenvalue weighted by atomic mass is 9.30. The lowest BCUT2D eigenvalue weighted by Crippen LogP contribution is -2.63. The van der Waals surface area contributed by atoms with Crippen molar-refractivity contribution in [2.24, 2.45) is 0 Å². The van der Waals surface area contributed by atoms with Crippen molar-refractivity contribution < 1.29 is 9.47 Å². The van der Waals surface area contributed by atoms with Crippen molar-refractivity contribution in [2.75, 3.05) is 19.6 Å². The van der Waals surface area contributed by atoms with Crippen LogP contribution in [0, 0.1) is 0 Å². The highest BCUT2D eigenvalue weighted by Gasteiger charge is 2.49. The van der Waals surface area contributed by atoms with Gasteiger partial charge in [0.25, 0.3) is 13.4 Å². The van der Waals surface area contributed by atoms with Gasteiger partial charge in [-0.25, -0.2) is 4.98 Å². The van der Waals surface area contributed by atoms with Crippen LogP contribution < -0.4 is 61.9 Å². The molecule has 0 amide bonds. The minimum atomic E-state index is -0.293. The predicted molar refractivity (Wildman–Crippen MR) is 393 cm³/mol. The summed E-state index contributed by atoms with van der Waals surface area (Å²) >= 11 is 0. The van der Waals surface area contributed by atoms with Gasteiger partial charge in [0, 0.05) is 80.3 Å². The SMILES string of the molecule is c1ccc(-c2nc3cc(-c4c5c(cc6c4Oc4cc(N(c7ccccc7)c7ccccc7)cc7c4B6c4ccccc4N7c4ccccc4)B4c6ccccc6N(c6ccccc6)c6cc(N(c7ccccc7)c7ccccc7)cc(c64)O5)ccc3n2-c2ccccc2)cc1. The number of fused-ring (bicyclic) bond motifs is 9. The van der Waals surface area contributed by atoms with Crippen molar-refractivity contribution in [3.63, 3.8) is 0 Å². The van der Waals surface area contributed by atoms with Crippen LogP contribution in [-0.4, -0.2) is 23.0 Å². The number of rotatable bonds is 11. The monoisotopic (exact) mass is 1210 g/mol. The molecule has 444 valence electrons. The van der Waals surface area contributed by atoms with Crippen molar-refractivity contribution in [3.8, 4) is 51.2 Å². The number of aromatic nitrogens is 2. The van der Waals surface area contributed by atoms with Crippen LogP contribution >= 0.6 is 0 Å². The quantitative estimate of drug-likeness (QED) is 0.120. The van der Waals surface area contributed by atoms with Crippen molar-refractivity contribution in [1.82, 2.24) is 9.55 Å².